The summed E-state index contributed by atoms with van der Waals surface area (Å²) in [5.41, 5.74) is -0.147. The highest BCUT2D eigenvalue weighted by atomic mass is 16.5. The van der Waals surface area contributed by atoms with E-state index < -0.39 is 0 Å². The second-order valence-electron chi connectivity index (χ2n) is 4.27. The third-order valence-corrected chi connectivity index (χ3v) is 2.28. The van der Waals surface area contributed by atoms with Gasteiger partial charge in [0.2, 0.25) is 5.88 Å². The standard InChI is InChI=1S/C12H20N2O2/c1-4-10-13-11(15)8-12(14-10)16-7-5-6-9(2)3/h8-9H,4-7H2,1-3H3,(H,13,14,15). The zero-order valence-electron chi connectivity index (χ0n) is 10.2. The van der Waals surface area contributed by atoms with Crippen molar-refractivity contribution in [3.05, 3.63) is 22.2 Å². The van der Waals surface area contributed by atoms with Gasteiger partial charge in [-0.05, 0) is 18.8 Å². The SMILES string of the molecule is CCc1nc(OCCCC(C)C)cc(=O)[nH]1. The van der Waals surface area contributed by atoms with E-state index in [4.69, 9.17) is 4.74 Å². The first-order valence-electron chi connectivity index (χ1n) is 5.85. The summed E-state index contributed by atoms with van der Waals surface area (Å²) in [4.78, 5) is 18.1. The van der Waals surface area contributed by atoms with Gasteiger partial charge in [-0.2, -0.15) is 0 Å². The van der Waals surface area contributed by atoms with Crippen molar-refractivity contribution < 1.29 is 4.74 Å². The lowest BCUT2D eigenvalue weighted by atomic mass is 10.1. The van der Waals surface area contributed by atoms with Gasteiger partial charge in [0.1, 0.15) is 5.82 Å². The molecule has 90 valence electrons. The summed E-state index contributed by atoms with van der Waals surface area (Å²) in [7, 11) is 0. The van der Waals surface area contributed by atoms with E-state index in [9.17, 15) is 4.79 Å². The van der Waals surface area contributed by atoms with E-state index in [0.717, 1.165) is 12.8 Å². The van der Waals surface area contributed by atoms with Gasteiger partial charge < -0.3 is 9.72 Å². The predicted octanol–water partition coefficient (Wildman–Crippen LogP) is 2.15. The van der Waals surface area contributed by atoms with E-state index in [0.29, 0.717) is 30.7 Å². The maximum absolute atomic E-state index is 11.2. The molecule has 1 heterocycles. The monoisotopic (exact) mass is 224 g/mol. The number of aromatic amines is 1. The molecule has 0 saturated carbocycles. The molecule has 0 saturated heterocycles. The van der Waals surface area contributed by atoms with E-state index >= 15 is 0 Å². The smallest absolute Gasteiger partial charge is 0.254 e. The quantitative estimate of drug-likeness (QED) is 0.753. The topological polar surface area (TPSA) is 55.0 Å². The molecule has 0 bridgehead atoms. The molecule has 16 heavy (non-hydrogen) atoms. The number of rotatable bonds is 6. The first-order chi connectivity index (χ1) is 7.61. The summed E-state index contributed by atoms with van der Waals surface area (Å²) in [5, 5.41) is 0. The number of hydrogen-bond donors (Lipinski definition) is 1. The van der Waals surface area contributed by atoms with Gasteiger partial charge in [-0.15, -0.1) is 0 Å². The predicted molar refractivity (Wildman–Crippen MR) is 63.8 cm³/mol. The third kappa shape index (κ3) is 4.47. The molecule has 0 radical (unpaired) electrons. The molecule has 1 aromatic rings. The second kappa shape index (κ2) is 6.30. The molecular formula is C12H20N2O2. The van der Waals surface area contributed by atoms with Crippen LogP contribution in [-0.4, -0.2) is 16.6 Å². The Morgan fingerprint density at radius 1 is 1.50 bits per heavy atom. The van der Waals surface area contributed by atoms with Crippen LogP contribution in [0.15, 0.2) is 10.9 Å². The van der Waals surface area contributed by atoms with E-state index in [-0.39, 0.29) is 5.56 Å². The molecule has 0 spiro atoms. The van der Waals surface area contributed by atoms with Crippen molar-refractivity contribution >= 4 is 0 Å². The number of hydrogen-bond acceptors (Lipinski definition) is 3. The molecule has 0 amide bonds. The molecule has 4 nitrogen and oxygen atoms in total. The summed E-state index contributed by atoms with van der Waals surface area (Å²) in [6, 6.07) is 1.40. The molecule has 0 aliphatic rings. The van der Waals surface area contributed by atoms with Gasteiger partial charge >= 0.3 is 0 Å². The van der Waals surface area contributed by atoms with Crippen LogP contribution in [0.4, 0.5) is 0 Å². The Labute approximate surface area is 96.1 Å². The molecule has 0 fully saturated rings. The van der Waals surface area contributed by atoms with E-state index in [1.54, 1.807) is 0 Å². The average Bonchev–Trinajstić information content (AvgIpc) is 2.23. The Hall–Kier alpha value is -1.32. The van der Waals surface area contributed by atoms with Gasteiger partial charge in [0.05, 0.1) is 12.7 Å². The summed E-state index contributed by atoms with van der Waals surface area (Å²) in [5.74, 6) is 1.79. The van der Waals surface area contributed by atoms with Gasteiger partial charge in [0.15, 0.2) is 0 Å². The van der Waals surface area contributed by atoms with Gasteiger partial charge in [0.25, 0.3) is 5.56 Å². The molecule has 0 atom stereocenters. The van der Waals surface area contributed by atoms with Crippen molar-refractivity contribution in [2.75, 3.05) is 6.61 Å². The van der Waals surface area contributed by atoms with Crippen LogP contribution in [0.1, 0.15) is 39.4 Å². The third-order valence-electron chi connectivity index (χ3n) is 2.28. The fourth-order valence-corrected chi connectivity index (χ4v) is 1.39. The number of aromatic nitrogens is 2. The van der Waals surface area contributed by atoms with Crippen molar-refractivity contribution in [3.63, 3.8) is 0 Å². The van der Waals surface area contributed by atoms with Crippen LogP contribution < -0.4 is 10.3 Å². The highest BCUT2D eigenvalue weighted by molar-refractivity contribution is 5.08. The van der Waals surface area contributed by atoms with Crippen molar-refractivity contribution in [3.8, 4) is 5.88 Å². The van der Waals surface area contributed by atoms with Crippen molar-refractivity contribution in [2.24, 2.45) is 5.92 Å². The van der Waals surface area contributed by atoms with Gasteiger partial charge in [0, 0.05) is 6.42 Å². The van der Waals surface area contributed by atoms with Gasteiger partial charge in [-0.25, -0.2) is 4.98 Å². The Morgan fingerprint density at radius 3 is 2.88 bits per heavy atom. The molecule has 0 aromatic carbocycles. The summed E-state index contributed by atoms with van der Waals surface area (Å²) in [6.45, 7) is 6.93. The molecule has 4 heteroatoms. The molecular weight excluding hydrogens is 204 g/mol. The van der Waals surface area contributed by atoms with Crippen LogP contribution in [0.3, 0.4) is 0 Å². The van der Waals surface area contributed by atoms with Gasteiger partial charge in [-0.3, -0.25) is 4.79 Å². The molecule has 1 rings (SSSR count). The molecule has 0 unspecified atom stereocenters. The Morgan fingerprint density at radius 2 is 2.25 bits per heavy atom. The minimum Gasteiger partial charge on any atom is -0.477 e. The highest BCUT2D eigenvalue weighted by Gasteiger charge is 2.01. The number of aryl methyl sites for hydroxylation is 1. The van der Waals surface area contributed by atoms with Crippen molar-refractivity contribution in [1.29, 1.82) is 0 Å². The zero-order valence-corrected chi connectivity index (χ0v) is 10.2. The minimum absolute atomic E-state index is 0.147. The maximum atomic E-state index is 11.2. The lowest BCUT2D eigenvalue weighted by Crippen LogP contribution is -2.12. The normalized spacial score (nSPS) is 10.8. The second-order valence-corrected chi connectivity index (χ2v) is 4.27. The molecule has 1 N–H and O–H groups in total. The van der Waals surface area contributed by atoms with Crippen LogP contribution >= 0.6 is 0 Å². The first kappa shape index (κ1) is 12.7. The number of nitrogens with zero attached hydrogens (tertiary/aromatic N) is 1. The fourth-order valence-electron chi connectivity index (χ4n) is 1.39. The van der Waals surface area contributed by atoms with Crippen LogP contribution in [0.25, 0.3) is 0 Å². The van der Waals surface area contributed by atoms with Crippen molar-refractivity contribution in [2.45, 2.75) is 40.0 Å². The number of H-pyrrole nitrogens is 1. The lowest BCUT2D eigenvalue weighted by molar-refractivity contribution is 0.285. The Kier molecular flexibility index (Phi) is 5.02. The minimum atomic E-state index is -0.147. The van der Waals surface area contributed by atoms with Gasteiger partial charge in [-0.1, -0.05) is 20.8 Å². The van der Waals surface area contributed by atoms with E-state index in [2.05, 4.69) is 23.8 Å². The summed E-state index contributed by atoms with van der Waals surface area (Å²) in [6.07, 6.45) is 2.83. The van der Waals surface area contributed by atoms with Crippen LogP contribution in [-0.2, 0) is 6.42 Å². The fraction of sp³-hybridized carbons (Fsp3) is 0.667. The molecule has 1 aromatic heterocycles. The highest BCUT2D eigenvalue weighted by Crippen LogP contribution is 2.06. The van der Waals surface area contributed by atoms with Crippen LogP contribution in [0, 0.1) is 5.92 Å². The molecule has 0 aliphatic heterocycles. The van der Waals surface area contributed by atoms with Crippen molar-refractivity contribution in [1.82, 2.24) is 9.97 Å². The van der Waals surface area contributed by atoms with E-state index in [1.165, 1.54) is 6.07 Å². The summed E-state index contributed by atoms with van der Waals surface area (Å²) >= 11 is 0. The zero-order chi connectivity index (χ0) is 12.0. The number of nitrogens with one attached hydrogen (secondary N) is 1. The van der Waals surface area contributed by atoms with Crippen LogP contribution in [0.5, 0.6) is 5.88 Å². The maximum Gasteiger partial charge on any atom is 0.254 e. The number of ether oxygens (including phenoxy) is 1. The molecule has 0 aliphatic carbocycles. The largest absolute Gasteiger partial charge is 0.477 e. The Bertz CT molecular complexity index is 372. The van der Waals surface area contributed by atoms with Crippen LogP contribution in [0.2, 0.25) is 0 Å². The Balaban J connectivity index is 2.47. The van der Waals surface area contributed by atoms with E-state index in [1.807, 2.05) is 6.92 Å². The first-order valence-corrected chi connectivity index (χ1v) is 5.85. The average molecular weight is 224 g/mol. The summed E-state index contributed by atoms with van der Waals surface area (Å²) < 4.78 is 5.45. The lowest BCUT2D eigenvalue weighted by Gasteiger charge is -2.07.